The number of hydrogen-bond acceptors (Lipinski definition) is 2. The molecule has 22 heavy (non-hydrogen) atoms. The Balaban J connectivity index is 1.83. The SMILES string of the molecule is CC(C)(C)OC(=O)NC1Cc2cc(F)c(Cl)c3ccn(c23)C1. The normalized spacial score (nSPS) is 17.6. The van der Waals surface area contributed by atoms with Crippen LogP contribution in [0.5, 0.6) is 0 Å². The molecule has 0 radical (unpaired) electrons. The van der Waals surface area contributed by atoms with Gasteiger partial charge in [0.15, 0.2) is 0 Å². The second kappa shape index (κ2) is 5.16. The second-order valence-corrected chi connectivity index (χ2v) is 6.99. The molecule has 0 aliphatic carbocycles. The lowest BCUT2D eigenvalue weighted by Gasteiger charge is -2.27. The monoisotopic (exact) mass is 324 g/mol. The van der Waals surface area contributed by atoms with Crippen LogP contribution in [-0.2, 0) is 17.7 Å². The maximum Gasteiger partial charge on any atom is 0.407 e. The van der Waals surface area contributed by atoms with Crippen LogP contribution < -0.4 is 5.32 Å². The molecule has 1 aliphatic heterocycles. The van der Waals surface area contributed by atoms with Crippen molar-refractivity contribution in [1.29, 1.82) is 0 Å². The Morgan fingerprint density at radius 3 is 2.91 bits per heavy atom. The second-order valence-electron chi connectivity index (χ2n) is 6.61. The van der Waals surface area contributed by atoms with Crippen molar-refractivity contribution in [3.63, 3.8) is 0 Å². The maximum atomic E-state index is 13.9. The number of amides is 1. The summed E-state index contributed by atoms with van der Waals surface area (Å²) < 4.78 is 21.1. The Morgan fingerprint density at radius 1 is 1.50 bits per heavy atom. The van der Waals surface area contributed by atoms with Gasteiger partial charge in [0.25, 0.3) is 0 Å². The van der Waals surface area contributed by atoms with Crippen LogP contribution in [0.25, 0.3) is 10.9 Å². The first-order valence-electron chi connectivity index (χ1n) is 7.20. The van der Waals surface area contributed by atoms with Crippen LogP contribution in [0.15, 0.2) is 18.3 Å². The summed E-state index contributed by atoms with van der Waals surface area (Å²) in [5.74, 6) is -0.431. The summed E-state index contributed by atoms with van der Waals surface area (Å²) in [4.78, 5) is 11.9. The van der Waals surface area contributed by atoms with Crippen molar-refractivity contribution in [2.24, 2.45) is 0 Å². The molecule has 0 spiro atoms. The van der Waals surface area contributed by atoms with Gasteiger partial charge in [0, 0.05) is 18.1 Å². The molecule has 4 nitrogen and oxygen atoms in total. The van der Waals surface area contributed by atoms with Crippen molar-refractivity contribution in [2.45, 2.75) is 45.4 Å². The van der Waals surface area contributed by atoms with E-state index in [0.717, 1.165) is 11.1 Å². The largest absolute Gasteiger partial charge is 0.444 e. The Kier molecular flexibility index (Phi) is 3.56. The van der Waals surface area contributed by atoms with Gasteiger partial charge < -0.3 is 14.6 Å². The van der Waals surface area contributed by atoms with Crippen molar-refractivity contribution >= 4 is 28.6 Å². The third-order valence-electron chi connectivity index (χ3n) is 3.62. The minimum absolute atomic E-state index is 0.140. The van der Waals surface area contributed by atoms with Gasteiger partial charge in [-0.2, -0.15) is 0 Å². The number of nitrogens with zero attached hydrogens (tertiary/aromatic N) is 1. The number of alkyl carbamates (subject to hydrolysis) is 1. The lowest BCUT2D eigenvalue weighted by Crippen LogP contribution is -2.43. The number of carbonyl (C=O) groups excluding carboxylic acids is 1. The minimum Gasteiger partial charge on any atom is -0.444 e. The molecule has 1 amide bonds. The first-order chi connectivity index (χ1) is 10.2. The molecule has 1 atom stereocenters. The van der Waals surface area contributed by atoms with Crippen molar-refractivity contribution in [1.82, 2.24) is 9.88 Å². The van der Waals surface area contributed by atoms with E-state index in [1.54, 1.807) is 6.07 Å². The zero-order chi connectivity index (χ0) is 16.1. The van der Waals surface area contributed by atoms with E-state index in [4.69, 9.17) is 16.3 Å². The topological polar surface area (TPSA) is 43.3 Å². The van der Waals surface area contributed by atoms with E-state index in [1.807, 2.05) is 31.5 Å². The third kappa shape index (κ3) is 2.77. The molecule has 1 aliphatic rings. The summed E-state index contributed by atoms with van der Waals surface area (Å²) in [6.07, 6.45) is 1.95. The van der Waals surface area contributed by atoms with Gasteiger partial charge in [0.2, 0.25) is 0 Å². The van der Waals surface area contributed by atoms with E-state index in [2.05, 4.69) is 5.32 Å². The van der Waals surface area contributed by atoms with Gasteiger partial charge in [-0.1, -0.05) is 11.6 Å². The van der Waals surface area contributed by atoms with Crippen LogP contribution in [0.3, 0.4) is 0 Å². The van der Waals surface area contributed by atoms with Crippen LogP contribution in [0.1, 0.15) is 26.3 Å². The van der Waals surface area contributed by atoms with Crippen LogP contribution in [0.2, 0.25) is 5.02 Å². The Hall–Kier alpha value is -1.75. The zero-order valence-electron chi connectivity index (χ0n) is 12.7. The van der Waals surface area contributed by atoms with Crippen LogP contribution in [-0.4, -0.2) is 22.3 Å². The molecular weight excluding hydrogens is 307 g/mol. The van der Waals surface area contributed by atoms with Gasteiger partial charge in [-0.3, -0.25) is 0 Å². The number of hydrogen-bond donors (Lipinski definition) is 1. The number of rotatable bonds is 1. The summed E-state index contributed by atoms with van der Waals surface area (Å²) in [7, 11) is 0. The van der Waals surface area contributed by atoms with Gasteiger partial charge in [-0.25, -0.2) is 9.18 Å². The molecular formula is C16H18ClFN2O2. The summed E-state index contributed by atoms with van der Waals surface area (Å²) in [6, 6.07) is 3.11. The van der Waals surface area contributed by atoms with Crippen LogP contribution in [0.4, 0.5) is 9.18 Å². The standard InChI is InChI=1S/C16H18ClFN2O2/c1-16(2,3)22-15(21)19-10-6-9-7-12(18)13(17)11-4-5-20(8-10)14(9)11/h4-5,7,10H,6,8H2,1-3H3,(H,19,21). The fourth-order valence-electron chi connectivity index (χ4n) is 2.87. The van der Waals surface area contributed by atoms with Gasteiger partial charge in [0.05, 0.1) is 16.6 Å². The van der Waals surface area contributed by atoms with Gasteiger partial charge in [-0.05, 0) is 44.9 Å². The van der Waals surface area contributed by atoms with Gasteiger partial charge in [0.1, 0.15) is 11.4 Å². The summed E-state index contributed by atoms with van der Waals surface area (Å²) in [5, 5.41) is 3.71. The predicted octanol–water partition coefficient (Wildman–Crippen LogP) is 3.88. The van der Waals surface area contributed by atoms with E-state index in [1.165, 1.54) is 6.07 Å². The summed E-state index contributed by atoms with van der Waals surface area (Å²) in [5.41, 5.74) is 1.24. The highest BCUT2D eigenvalue weighted by molar-refractivity contribution is 6.35. The molecule has 6 heteroatoms. The minimum atomic E-state index is -0.545. The van der Waals surface area contributed by atoms with E-state index < -0.39 is 17.5 Å². The average molecular weight is 325 g/mol. The molecule has 3 rings (SSSR count). The number of benzene rings is 1. The first-order valence-corrected chi connectivity index (χ1v) is 7.57. The van der Waals surface area contributed by atoms with E-state index in [9.17, 15) is 9.18 Å². The van der Waals surface area contributed by atoms with E-state index in [0.29, 0.717) is 18.4 Å². The van der Waals surface area contributed by atoms with E-state index in [-0.39, 0.29) is 11.1 Å². The molecule has 2 heterocycles. The van der Waals surface area contributed by atoms with Crippen molar-refractivity contribution in [3.8, 4) is 0 Å². The molecule has 1 aromatic heterocycles. The average Bonchev–Trinajstić information content (AvgIpc) is 2.78. The van der Waals surface area contributed by atoms with Crippen molar-refractivity contribution < 1.29 is 13.9 Å². The van der Waals surface area contributed by atoms with Gasteiger partial charge >= 0.3 is 6.09 Å². The highest BCUT2D eigenvalue weighted by Crippen LogP contribution is 2.33. The number of carbonyl (C=O) groups is 1. The van der Waals surface area contributed by atoms with Gasteiger partial charge in [-0.15, -0.1) is 0 Å². The smallest absolute Gasteiger partial charge is 0.407 e. The zero-order valence-corrected chi connectivity index (χ0v) is 13.5. The quantitative estimate of drug-likeness (QED) is 0.865. The van der Waals surface area contributed by atoms with Crippen molar-refractivity contribution in [2.75, 3.05) is 0 Å². The van der Waals surface area contributed by atoms with Crippen molar-refractivity contribution in [3.05, 3.63) is 34.7 Å². The summed E-state index contributed by atoms with van der Waals surface area (Å²) >= 11 is 6.01. The highest BCUT2D eigenvalue weighted by Gasteiger charge is 2.26. The lowest BCUT2D eigenvalue weighted by atomic mass is 10.00. The number of nitrogens with one attached hydrogen (secondary N) is 1. The molecule has 0 bridgehead atoms. The summed E-state index contributed by atoms with van der Waals surface area (Å²) in [6.45, 7) is 6.05. The third-order valence-corrected chi connectivity index (χ3v) is 4.00. The highest BCUT2D eigenvalue weighted by atomic mass is 35.5. The molecule has 2 aromatic rings. The van der Waals surface area contributed by atoms with E-state index >= 15 is 0 Å². The molecule has 1 N–H and O–H groups in total. The molecule has 0 saturated carbocycles. The Bertz CT molecular complexity index is 749. The van der Waals surface area contributed by atoms with Crippen LogP contribution >= 0.6 is 11.6 Å². The molecule has 1 aromatic carbocycles. The lowest BCUT2D eigenvalue weighted by molar-refractivity contribution is 0.0498. The Labute approximate surface area is 133 Å². The molecule has 0 fully saturated rings. The number of halogens is 2. The Morgan fingerprint density at radius 2 is 2.23 bits per heavy atom. The van der Waals surface area contributed by atoms with Crippen LogP contribution in [0, 0.1) is 5.82 Å². The number of aromatic nitrogens is 1. The molecule has 0 saturated heterocycles. The maximum absolute atomic E-state index is 13.9. The molecule has 118 valence electrons. The molecule has 1 unspecified atom stereocenters. The fourth-order valence-corrected chi connectivity index (χ4v) is 3.07. The first kappa shape index (κ1) is 15.2. The fraction of sp³-hybridized carbons (Fsp3) is 0.438. The number of ether oxygens (including phenoxy) is 1. The predicted molar refractivity (Wildman–Crippen MR) is 83.8 cm³/mol.